The number of aromatic nitrogens is 2. The molecule has 2 aliphatic rings. The van der Waals surface area contributed by atoms with E-state index < -0.39 is 0 Å². The van der Waals surface area contributed by atoms with Gasteiger partial charge in [-0.1, -0.05) is 63.1 Å². The first kappa shape index (κ1) is 26.6. The van der Waals surface area contributed by atoms with Crippen LogP contribution < -0.4 is 10.6 Å². The van der Waals surface area contributed by atoms with E-state index in [4.69, 9.17) is 9.97 Å². The lowest BCUT2D eigenvalue weighted by Gasteiger charge is -2.32. The first-order valence-electron chi connectivity index (χ1n) is 14.6. The molecule has 1 atom stereocenters. The van der Waals surface area contributed by atoms with Gasteiger partial charge in [0.2, 0.25) is 5.95 Å². The number of piperazine rings is 1. The molecule has 38 heavy (non-hydrogen) atoms. The number of hydrogen-bond acceptors (Lipinski definition) is 6. The minimum absolute atomic E-state index is 0.317. The van der Waals surface area contributed by atoms with Crippen molar-refractivity contribution in [3.05, 3.63) is 71.4 Å². The highest BCUT2D eigenvalue weighted by molar-refractivity contribution is 5.72. The van der Waals surface area contributed by atoms with Crippen LogP contribution in [0.4, 0.5) is 11.6 Å². The monoisotopic (exact) mass is 512 g/mol. The van der Waals surface area contributed by atoms with Gasteiger partial charge >= 0.3 is 0 Å². The average molecular weight is 513 g/mol. The van der Waals surface area contributed by atoms with Crippen LogP contribution in [0.3, 0.4) is 0 Å². The van der Waals surface area contributed by atoms with Crippen molar-refractivity contribution in [2.75, 3.05) is 63.5 Å². The summed E-state index contributed by atoms with van der Waals surface area (Å²) in [5.74, 6) is 1.79. The van der Waals surface area contributed by atoms with Crippen LogP contribution in [0.2, 0.25) is 0 Å². The highest BCUT2D eigenvalue weighted by Gasteiger charge is 2.27. The number of benzene rings is 2. The van der Waals surface area contributed by atoms with Gasteiger partial charge in [-0.15, -0.1) is 0 Å². The molecule has 0 radical (unpaired) electrons. The van der Waals surface area contributed by atoms with Crippen molar-refractivity contribution < 1.29 is 0 Å². The largest absolute Gasteiger partial charge is 0.385 e. The third-order valence-corrected chi connectivity index (χ3v) is 8.47. The highest BCUT2D eigenvalue weighted by atomic mass is 15.2. The molecule has 0 saturated carbocycles. The maximum Gasteiger partial charge on any atom is 0.223 e. The van der Waals surface area contributed by atoms with Crippen LogP contribution in [-0.4, -0.2) is 72.6 Å². The van der Waals surface area contributed by atoms with Gasteiger partial charge in [0.1, 0.15) is 0 Å². The van der Waals surface area contributed by atoms with Crippen molar-refractivity contribution in [1.29, 1.82) is 0 Å². The first-order chi connectivity index (χ1) is 18.6. The summed E-state index contributed by atoms with van der Waals surface area (Å²) < 4.78 is 0. The number of fused-ring (bicyclic) bond motifs is 3. The Balaban J connectivity index is 1.24. The molecule has 6 nitrogen and oxygen atoms in total. The van der Waals surface area contributed by atoms with E-state index in [-0.39, 0.29) is 0 Å². The maximum absolute atomic E-state index is 5.00. The molecule has 2 heterocycles. The second kappa shape index (κ2) is 12.7. The zero-order chi connectivity index (χ0) is 26.3. The van der Waals surface area contributed by atoms with Gasteiger partial charge in [-0.05, 0) is 61.2 Å². The molecule has 0 bridgehead atoms. The summed E-state index contributed by atoms with van der Waals surface area (Å²) in [5, 5.41) is 7.11. The SMILES string of the molecule is CCC(CC)CNc1ccc(C2Cc3cnc(NCCCN4CCN(C)CC4)nc3-c3ccccc32)cc1. The van der Waals surface area contributed by atoms with Gasteiger partial charge in [0.25, 0.3) is 0 Å². The molecule has 3 aromatic rings. The number of anilines is 2. The molecule has 1 aromatic heterocycles. The van der Waals surface area contributed by atoms with Gasteiger partial charge in [-0.25, -0.2) is 9.97 Å². The van der Waals surface area contributed by atoms with E-state index in [1.807, 2.05) is 6.20 Å². The summed E-state index contributed by atoms with van der Waals surface area (Å²) in [6, 6.07) is 17.8. The van der Waals surface area contributed by atoms with E-state index >= 15 is 0 Å². The van der Waals surface area contributed by atoms with Gasteiger partial charge in [0.05, 0.1) is 5.69 Å². The summed E-state index contributed by atoms with van der Waals surface area (Å²) >= 11 is 0. The fourth-order valence-corrected chi connectivity index (χ4v) is 5.77. The molecular weight excluding hydrogens is 468 g/mol. The van der Waals surface area contributed by atoms with Crippen molar-refractivity contribution in [3.63, 3.8) is 0 Å². The zero-order valence-corrected chi connectivity index (χ0v) is 23.4. The van der Waals surface area contributed by atoms with Gasteiger partial charge in [0, 0.05) is 62.6 Å². The lowest BCUT2D eigenvalue weighted by molar-refractivity contribution is 0.154. The Morgan fingerprint density at radius 3 is 2.47 bits per heavy atom. The second-order valence-electron chi connectivity index (χ2n) is 11.0. The van der Waals surface area contributed by atoms with E-state index in [0.717, 1.165) is 50.0 Å². The number of nitrogens with one attached hydrogen (secondary N) is 2. The molecule has 1 unspecified atom stereocenters. The molecular formula is C32H44N6. The van der Waals surface area contributed by atoms with Crippen molar-refractivity contribution in [2.45, 2.75) is 45.4 Å². The fourth-order valence-electron chi connectivity index (χ4n) is 5.77. The molecule has 1 aliphatic heterocycles. The smallest absolute Gasteiger partial charge is 0.223 e. The minimum atomic E-state index is 0.317. The molecule has 0 spiro atoms. The molecule has 1 aliphatic carbocycles. The fraction of sp³-hybridized carbons (Fsp3) is 0.500. The summed E-state index contributed by atoms with van der Waals surface area (Å²) in [4.78, 5) is 14.7. The predicted octanol–water partition coefficient (Wildman–Crippen LogP) is 5.73. The first-order valence-corrected chi connectivity index (χ1v) is 14.6. The Hall–Kier alpha value is -2.96. The number of nitrogens with zero attached hydrogens (tertiary/aromatic N) is 4. The van der Waals surface area contributed by atoms with Crippen LogP contribution in [-0.2, 0) is 6.42 Å². The topological polar surface area (TPSA) is 56.3 Å². The van der Waals surface area contributed by atoms with Crippen LogP contribution in [0.5, 0.6) is 0 Å². The minimum Gasteiger partial charge on any atom is -0.385 e. The van der Waals surface area contributed by atoms with Crippen LogP contribution in [0.1, 0.15) is 55.7 Å². The Morgan fingerprint density at radius 2 is 1.71 bits per heavy atom. The van der Waals surface area contributed by atoms with E-state index in [9.17, 15) is 0 Å². The Kier molecular flexibility index (Phi) is 8.92. The van der Waals surface area contributed by atoms with Crippen molar-refractivity contribution in [1.82, 2.24) is 19.8 Å². The lowest BCUT2D eigenvalue weighted by atomic mass is 9.78. The van der Waals surface area contributed by atoms with Crippen LogP contribution in [0.25, 0.3) is 11.3 Å². The summed E-state index contributed by atoms with van der Waals surface area (Å²) in [5.41, 5.74) is 7.46. The van der Waals surface area contributed by atoms with E-state index in [1.54, 1.807) is 0 Å². The van der Waals surface area contributed by atoms with E-state index in [0.29, 0.717) is 5.92 Å². The summed E-state index contributed by atoms with van der Waals surface area (Å²) in [7, 11) is 2.20. The predicted molar refractivity (Wildman–Crippen MR) is 159 cm³/mol. The summed E-state index contributed by atoms with van der Waals surface area (Å²) in [6.45, 7) is 12.3. The molecule has 6 heteroatoms. The summed E-state index contributed by atoms with van der Waals surface area (Å²) in [6.07, 6.45) is 6.51. The van der Waals surface area contributed by atoms with Crippen LogP contribution in [0.15, 0.2) is 54.7 Å². The molecule has 2 aromatic carbocycles. The zero-order valence-electron chi connectivity index (χ0n) is 23.4. The normalized spacial score (nSPS) is 17.7. The molecule has 2 N–H and O–H groups in total. The van der Waals surface area contributed by atoms with Gasteiger partial charge < -0.3 is 20.4 Å². The van der Waals surface area contributed by atoms with Gasteiger partial charge in [-0.3, -0.25) is 0 Å². The van der Waals surface area contributed by atoms with Crippen LogP contribution in [0, 0.1) is 5.92 Å². The van der Waals surface area contributed by atoms with Crippen LogP contribution >= 0.6 is 0 Å². The van der Waals surface area contributed by atoms with Crippen molar-refractivity contribution >= 4 is 11.6 Å². The lowest BCUT2D eigenvalue weighted by Crippen LogP contribution is -2.44. The Morgan fingerprint density at radius 1 is 0.947 bits per heavy atom. The Bertz CT molecular complexity index is 1160. The molecule has 1 fully saturated rings. The second-order valence-corrected chi connectivity index (χ2v) is 11.0. The van der Waals surface area contributed by atoms with E-state index in [1.165, 1.54) is 67.0 Å². The highest BCUT2D eigenvalue weighted by Crippen LogP contribution is 2.42. The quantitative estimate of drug-likeness (QED) is 0.320. The van der Waals surface area contributed by atoms with Crippen molar-refractivity contribution in [3.8, 4) is 11.3 Å². The third kappa shape index (κ3) is 6.36. The van der Waals surface area contributed by atoms with Gasteiger partial charge in [-0.2, -0.15) is 0 Å². The van der Waals surface area contributed by atoms with Crippen molar-refractivity contribution in [2.24, 2.45) is 5.92 Å². The molecule has 1 saturated heterocycles. The van der Waals surface area contributed by atoms with E-state index in [2.05, 4.69) is 89.9 Å². The molecule has 5 rings (SSSR count). The Labute approximate surface area is 228 Å². The number of likely N-dealkylation sites (N-methyl/N-ethyl adjacent to an activating group) is 1. The number of hydrogen-bond donors (Lipinski definition) is 2. The maximum atomic E-state index is 5.00. The standard InChI is InChI=1S/C32H44N6/c1-4-24(5-2)22-34-27-13-11-25(12-14-27)30-21-26-23-35-32(36-31(26)29-10-7-6-9-28(29)30)33-15-8-16-38-19-17-37(3)18-20-38/h6-7,9-14,23-24,30,34H,4-5,8,15-22H2,1-3H3,(H,33,35,36). The van der Waals surface area contributed by atoms with Gasteiger partial charge in [0.15, 0.2) is 0 Å². The number of rotatable bonds is 11. The molecule has 202 valence electrons. The average Bonchev–Trinajstić information content (AvgIpc) is 2.97. The molecule has 0 amide bonds. The third-order valence-electron chi connectivity index (χ3n) is 8.47.